The lowest BCUT2D eigenvalue weighted by atomic mass is 9.38. The SMILES string of the molecule is CC1(C)c2cccc3c2N2B(c4ccccc4-3)c3ccc4c(c3-c3cccc1c32)-c1cccc2c1N1B4c3ccccc3-c3cccc(c31)C2(C)C. The Morgan fingerprint density at radius 1 is 0.327 bits per heavy atom. The molecule has 0 amide bonds. The maximum Gasteiger partial charge on any atom is 0.329 e. The molecule has 7 aromatic carbocycles. The monoisotopic (exact) mass is 660 g/mol. The van der Waals surface area contributed by atoms with E-state index < -0.39 is 0 Å². The van der Waals surface area contributed by atoms with Crippen LogP contribution in [0.25, 0.3) is 44.5 Å². The molecule has 0 bridgehead atoms. The van der Waals surface area contributed by atoms with Crippen molar-refractivity contribution in [3.63, 3.8) is 0 Å². The molecule has 242 valence electrons. The van der Waals surface area contributed by atoms with Crippen molar-refractivity contribution in [1.82, 2.24) is 0 Å². The van der Waals surface area contributed by atoms with Crippen LogP contribution in [0.2, 0.25) is 0 Å². The predicted octanol–water partition coefficient (Wildman–Crippen LogP) is 8.77. The van der Waals surface area contributed by atoms with Crippen molar-refractivity contribution in [3.05, 3.63) is 156 Å². The van der Waals surface area contributed by atoms with Crippen molar-refractivity contribution in [3.8, 4) is 44.5 Å². The third-order valence-corrected chi connectivity index (χ3v) is 13.8. The first kappa shape index (κ1) is 27.9. The molecule has 0 radical (unpaired) electrons. The lowest BCUT2D eigenvalue weighted by Gasteiger charge is -2.53. The molecule has 6 aliphatic rings. The molecule has 13 rings (SSSR count). The van der Waals surface area contributed by atoms with E-state index in [4.69, 9.17) is 0 Å². The fourth-order valence-corrected chi connectivity index (χ4v) is 11.6. The Morgan fingerprint density at radius 2 is 0.654 bits per heavy atom. The maximum atomic E-state index is 2.73. The average molecular weight is 660 g/mol. The molecule has 4 heteroatoms. The summed E-state index contributed by atoms with van der Waals surface area (Å²) < 4.78 is 0. The van der Waals surface area contributed by atoms with Gasteiger partial charge in [0.05, 0.1) is 0 Å². The van der Waals surface area contributed by atoms with Crippen LogP contribution in [0.5, 0.6) is 0 Å². The van der Waals surface area contributed by atoms with E-state index in [1.165, 1.54) is 111 Å². The topological polar surface area (TPSA) is 6.48 Å². The van der Waals surface area contributed by atoms with E-state index in [1.54, 1.807) is 0 Å². The normalized spacial score (nSPS) is 17.0. The fraction of sp³-hybridized carbons (Fsp3) is 0.125. The maximum absolute atomic E-state index is 2.73. The van der Waals surface area contributed by atoms with E-state index in [1.807, 2.05) is 0 Å². The summed E-state index contributed by atoms with van der Waals surface area (Å²) in [5.74, 6) is 0. The Labute approximate surface area is 305 Å². The zero-order valence-corrected chi connectivity index (χ0v) is 29.8. The highest BCUT2D eigenvalue weighted by atomic mass is 15.1. The standard InChI is InChI=1S/C48H34B2N2/c1-47(2)33-19-9-15-29-27-13-5-7-23-37(27)49-39-25-26-40-42(41(39)31-17-11-21-35(47)45(31)51(49)43(29)33)32-18-12-22-36-46(32)52-44-30(16-10-20-34(44)48(36,3)4)28-14-6-8-24-38(28)50(40)52/h5-26H,1-4H3. The van der Waals surface area contributed by atoms with Crippen LogP contribution in [0.4, 0.5) is 22.7 Å². The lowest BCUT2D eigenvalue weighted by molar-refractivity contribution is 0.633. The highest BCUT2D eigenvalue weighted by Gasteiger charge is 2.54. The van der Waals surface area contributed by atoms with Gasteiger partial charge in [-0.3, -0.25) is 0 Å². The minimum Gasteiger partial charge on any atom is -0.375 e. The highest BCUT2D eigenvalue weighted by molar-refractivity contribution is 6.95. The van der Waals surface area contributed by atoms with Gasteiger partial charge < -0.3 is 9.62 Å². The second-order valence-electron chi connectivity index (χ2n) is 16.8. The molecule has 0 saturated heterocycles. The van der Waals surface area contributed by atoms with Crippen molar-refractivity contribution in [1.29, 1.82) is 0 Å². The molecule has 0 saturated carbocycles. The Hall–Kier alpha value is -5.73. The number of fused-ring (bicyclic) bond motifs is 13. The molecular weight excluding hydrogens is 626 g/mol. The van der Waals surface area contributed by atoms with Crippen molar-refractivity contribution in [2.45, 2.75) is 38.5 Å². The number of rotatable bonds is 0. The number of hydrogen-bond acceptors (Lipinski definition) is 2. The molecule has 0 aromatic heterocycles. The first-order valence-electron chi connectivity index (χ1n) is 18.9. The molecule has 0 fully saturated rings. The average Bonchev–Trinajstić information content (AvgIpc) is 3.18. The Bertz CT molecular complexity index is 2650. The first-order chi connectivity index (χ1) is 25.4. The number of anilines is 4. The van der Waals surface area contributed by atoms with Gasteiger partial charge >= 0.3 is 13.7 Å². The molecule has 6 aliphatic heterocycles. The van der Waals surface area contributed by atoms with Crippen molar-refractivity contribution < 1.29 is 0 Å². The molecule has 0 spiro atoms. The minimum absolute atomic E-state index is 0.0786. The van der Waals surface area contributed by atoms with Gasteiger partial charge in [-0.25, -0.2) is 0 Å². The van der Waals surface area contributed by atoms with E-state index >= 15 is 0 Å². The molecule has 7 aromatic rings. The van der Waals surface area contributed by atoms with Gasteiger partial charge in [0.15, 0.2) is 0 Å². The van der Waals surface area contributed by atoms with Gasteiger partial charge in [0, 0.05) is 55.8 Å². The van der Waals surface area contributed by atoms with Gasteiger partial charge in [-0.1, -0.05) is 161 Å². The Balaban J connectivity index is 1.21. The van der Waals surface area contributed by atoms with Crippen molar-refractivity contribution in [2.24, 2.45) is 0 Å². The van der Waals surface area contributed by atoms with Crippen LogP contribution in [-0.2, 0) is 10.8 Å². The van der Waals surface area contributed by atoms with Gasteiger partial charge in [0.25, 0.3) is 0 Å². The van der Waals surface area contributed by atoms with E-state index in [0.29, 0.717) is 0 Å². The second-order valence-corrected chi connectivity index (χ2v) is 16.8. The summed E-state index contributed by atoms with van der Waals surface area (Å²) in [5.41, 5.74) is 27.5. The van der Waals surface area contributed by atoms with Gasteiger partial charge in [0.2, 0.25) is 0 Å². The quantitative estimate of drug-likeness (QED) is 0.150. The van der Waals surface area contributed by atoms with Crippen LogP contribution in [0.3, 0.4) is 0 Å². The first-order valence-corrected chi connectivity index (χ1v) is 18.9. The fourth-order valence-electron chi connectivity index (χ4n) is 11.6. The molecule has 52 heavy (non-hydrogen) atoms. The minimum atomic E-state index is -0.147. The van der Waals surface area contributed by atoms with Gasteiger partial charge in [0.1, 0.15) is 0 Å². The van der Waals surface area contributed by atoms with Gasteiger partial charge in [-0.15, -0.1) is 0 Å². The summed E-state index contributed by atoms with van der Waals surface area (Å²) in [6.07, 6.45) is 0. The molecular formula is C48H34B2N2. The van der Waals surface area contributed by atoms with Crippen LogP contribution >= 0.6 is 0 Å². The van der Waals surface area contributed by atoms with Crippen LogP contribution in [0.1, 0.15) is 49.9 Å². The van der Waals surface area contributed by atoms with Gasteiger partial charge in [-0.2, -0.15) is 0 Å². The summed E-state index contributed by atoms with van der Waals surface area (Å²) >= 11 is 0. The Morgan fingerprint density at radius 3 is 1.06 bits per heavy atom. The lowest BCUT2D eigenvalue weighted by Crippen LogP contribution is -2.64. The summed E-state index contributed by atoms with van der Waals surface area (Å²) in [5, 5.41) is 0. The molecule has 2 nitrogen and oxygen atoms in total. The van der Waals surface area contributed by atoms with E-state index in [0.717, 1.165) is 0 Å². The largest absolute Gasteiger partial charge is 0.375 e. The van der Waals surface area contributed by atoms with Crippen LogP contribution in [-0.4, -0.2) is 13.7 Å². The summed E-state index contributed by atoms with van der Waals surface area (Å²) in [4.78, 5) is 5.46. The molecule has 0 unspecified atom stereocenters. The van der Waals surface area contributed by atoms with E-state index in [2.05, 4.69) is 171 Å². The predicted molar refractivity (Wildman–Crippen MR) is 220 cm³/mol. The summed E-state index contributed by atoms with van der Waals surface area (Å²) in [6.45, 7) is 9.89. The van der Waals surface area contributed by atoms with E-state index in [9.17, 15) is 0 Å². The zero-order chi connectivity index (χ0) is 34.4. The van der Waals surface area contributed by atoms with E-state index in [-0.39, 0.29) is 24.5 Å². The summed E-state index contributed by atoms with van der Waals surface area (Å²) in [7, 11) is 0. The van der Waals surface area contributed by atoms with Gasteiger partial charge in [-0.05, 0) is 66.4 Å². The highest BCUT2D eigenvalue weighted by Crippen LogP contribution is 2.61. The summed E-state index contributed by atoms with van der Waals surface area (Å²) in [6, 6.07) is 51.7. The second kappa shape index (κ2) is 8.82. The third-order valence-electron chi connectivity index (χ3n) is 13.8. The molecule has 0 atom stereocenters. The molecule has 0 aliphatic carbocycles. The molecule has 6 heterocycles. The van der Waals surface area contributed by atoms with Crippen LogP contribution < -0.4 is 31.5 Å². The smallest absolute Gasteiger partial charge is 0.329 e. The number of nitrogens with zero attached hydrogens (tertiary/aromatic N) is 2. The number of benzene rings is 7. The number of para-hydroxylation sites is 4. The van der Waals surface area contributed by atoms with Crippen LogP contribution in [0, 0.1) is 0 Å². The molecule has 0 N–H and O–H groups in total. The van der Waals surface area contributed by atoms with Crippen molar-refractivity contribution >= 4 is 58.3 Å². The Kier molecular flexibility index (Phi) is 4.74. The van der Waals surface area contributed by atoms with Crippen LogP contribution in [0.15, 0.2) is 133 Å². The zero-order valence-electron chi connectivity index (χ0n) is 29.8. The van der Waals surface area contributed by atoms with Crippen molar-refractivity contribution in [2.75, 3.05) is 9.62 Å². The number of hydrogen-bond donors (Lipinski definition) is 0. The third kappa shape index (κ3) is 2.89.